The molecule has 90 valence electrons. The summed E-state index contributed by atoms with van der Waals surface area (Å²) in [4.78, 5) is 21.6. The lowest BCUT2D eigenvalue weighted by Gasteiger charge is -2.05. The summed E-state index contributed by atoms with van der Waals surface area (Å²) in [5, 5.41) is -0.269. The maximum atomic E-state index is 11.0. The van der Waals surface area contributed by atoms with Crippen LogP contribution in [-0.2, 0) is 0 Å². The van der Waals surface area contributed by atoms with E-state index in [2.05, 4.69) is 0 Å². The molecule has 0 aliphatic heterocycles. The largest absolute Gasteiger partial charge is 0.298 e. The van der Waals surface area contributed by atoms with Crippen LogP contribution in [0.4, 0.5) is 0 Å². The summed E-state index contributed by atoms with van der Waals surface area (Å²) in [6.07, 6.45) is 0.784. The van der Waals surface area contributed by atoms with Gasteiger partial charge in [0.15, 0.2) is 0 Å². The van der Waals surface area contributed by atoms with E-state index in [1.165, 1.54) is 0 Å². The lowest BCUT2D eigenvalue weighted by atomic mass is 10.0. The highest BCUT2D eigenvalue weighted by Gasteiger charge is 2.08. The molecule has 0 aliphatic rings. The molecule has 18 heavy (non-hydrogen) atoms. The van der Waals surface area contributed by atoms with E-state index in [1.54, 1.807) is 30.3 Å². The highest BCUT2D eigenvalue weighted by Crippen LogP contribution is 2.26. The monoisotopic (exact) mass is 278 g/mol. The topological polar surface area (TPSA) is 34.1 Å². The van der Waals surface area contributed by atoms with Crippen LogP contribution in [0.15, 0.2) is 42.5 Å². The van der Waals surface area contributed by atoms with E-state index >= 15 is 0 Å². The third-order valence-electron chi connectivity index (χ3n) is 2.56. The Hall–Kier alpha value is -1.64. The van der Waals surface area contributed by atoms with Gasteiger partial charge < -0.3 is 0 Å². The number of hydrogen-bond acceptors (Lipinski definition) is 2. The first kappa shape index (κ1) is 12.8. The minimum atomic E-state index is -0.581. The molecule has 0 atom stereocenters. The SMILES string of the molecule is O=Cc1ccc(-c2ccc(C(=O)Cl)c(Cl)c2)cc1. The van der Waals surface area contributed by atoms with Gasteiger partial charge in [0.2, 0.25) is 0 Å². The lowest BCUT2D eigenvalue weighted by molar-refractivity contribution is 0.108. The maximum Gasteiger partial charge on any atom is 0.253 e. The van der Waals surface area contributed by atoms with Gasteiger partial charge in [0.05, 0.1) is 10.6 Å². The molecule has 0 aliphatic carbocycles. The number of hydrogen-bond donors (Lipinski definition) is 0. The molecule has 2 rings (SSSR count). The van der Waals surface area contributed by atoms with E-state index in [4.69, 9.17) is 23.2 Å². The molecule has 0 N–H and O–H groups in total. The van der Waals surface area contributed by atoms with Gasteiger partial charge in [-0.3, -0.25) is 9.59 Å². The van der Waals surface area contributed by atoms with Crippen molar-refractivity contribution in [2.75, 3.05) is 0 Å². The standard InChI is InChI=1S/C14H8Cl2O2/c15-13-7-11(5-6-12(13)14(16)18)10-3-1-9(8-17)2-4-10/h1-8H. The van der Waals surface area contributed by atoms with E-state index in [9.17, 15) is 9.59 Å². The number of rotatable bonds is 3. The van der Waals surface area contributed by atoms with Crippen LogP contribution in [0.3, 0.4) is 0 Å². The highest BCUT2D eigenvalue weighted by atomic mass is 35.5. The first-order valence-corrected chi connectivity index (χ1v) is 5.92. The summed E-state index contributed by atoms with van der Waals surface area (Å²) in [6.45, 7) is 0. The Morgan fingerprint density at radius 2 is 1.61 bits per heavy atom. The van der Waals surface area contributed by atoms with Gasteiger partial charge in [-0.05, 0) is 34.9 Å². The van der Waals surface area contributed by atoms with E-state index in [0.29, 0.717) is 10.6 Å². The molecule has 0 saturated carbocycles. The van der Waals surface area contributed by atoms with Gasteiger partial charge in [-0.25, -0.2) is 0 Å². The number of benzene rings is 2. The van der Waals surface area contributed by atoms with Gasteiger partial charge >= 0.3 is 0 Å². The zero-order valence-corrected chi connectivity index (χ0v) is 10.7. The van der Waals surface area contributed by atoms with E-state index in [-0.39, 0.29) is 5.56 Å². The molecule has 0 aromatic heterocycles. The van der Waals surface area contributed by atoms with Crippen molar-refractivity contribution >= 4 is 34.7 Å². The zero-order chi connectivity index (χ0) is 13.1. The summed E-state index contributed by atoms with van der Waals surface area (Å²) in [5.74, 6) is 0. The van der Waals surface area contributed by atoms with Crippen LogP contribution in [0, 0.1) is 0 Å². The summed E-state index contributed by atoms with van der Waals surface area (Å²) >= 11 is 11.4. The van der Waals surface area contributed by atoms with E-state index in [0.717, 1.165) is 17.4 Å². The van der Waals surface area contributed by atoms with Crippen molar-refractivity contribution in [2.24, 2.45) is 0 Å². The molecule has 2 aromatic carbocycles. The van der Waals surface area contributed by atoms with Crippen LogP contribution < -0.4 is 0 Å². The molecule has 2 aromatic rings. The van der Waals surface area contributed by atoms with Gasteiger partial charge in [-0.2, -0.15) is 0 Å². The number of carbonyl (C=O) groups is 2. The van der Waals surface area contributed by atoms with Gasteiger partial charge in [-0.15, -0.1) is 0 Å². The highest BCUT2D eigenvalue weighted by molar-refractivity contribution is 6.68. The summed E-state index contributed by atoms with van der Waals surface area (Å²) in [6, 6.07) is 12.1. The molecule has 0 amide bonds. The van der Waals surface area contributed by atoms with Crippen LogP contribution in [0.1, 0.15) is 20.7 Å². The molecular formula is C14H8Cl2O2. The van der Waals surface area contributed by atoms with Crippen LogP contribution in [-0.4, -0.2) is 11.5 Å². The number of aldehydes is 1. The molecule has 2 nitrogen and oxygen atoms in total. The van der Waals surface area contributed by atoms with Crippen LogP contribution in [0.5, 0.6) is 0 Å². The zero-order valence-electron chi connectivity index (χ0n) is 9.19. The van der Waals surface area contributed by atoms with Crippen molar-refractivity contribution in [3.8, 4) is 11.1 Å². The van der Waals surface area contributed by atoms with E-state index < -0.39 is 5.24 Å². The van der Waals surface area contributed by atoms with Crippen LogP contribution in [0.2, 0.25) is 5.02 Å². The van der Waals surface area contributed by atoms with Crippen LogP contribution >= 0.6 is 23.2 Å². The second-order valence-corrected chi connectivity index (χ2v) is 4.46. The summed E-state index contributed by atoms with van der Waals surface area (Å²) in [7, 11) is 0. The smallest absolute Gasteiger partial charge is 0.253 e. The van der Waals surface area contributed by atoms with E-state index in [1.807, 2.05) is 12.1 Å². The van der Waals surface area contributed by atoms with Crippen molar-refractivity contribution in [3.63, 3.8) is 0 Å². The second kappa shape index (κ2) is 5.34. The Labute approximate surface area is 114 Å². The van der Waals surface area contributed by atoms with Crippen molar-refractivity contribution in [1.82, 2.24) is 0 Å². The number of halogens is 2. The first-order valence-electron chi connectivity index (χ1n) is 5.17. The third-order valence-corrected chi connectivity index (χ3v) is 3.08. The molecule has 0 spiro atoms. The molecule has 0 fully saturated rings. The minimum Gasteiger partial charge on any atom is -0.298 e. The molecule has 0 heterocycles. The van der Waals surface area contributed by atoms with Gasteiger partial charge in [0.25, 0.3) is 5.24 Å². The average Bonchev–Trinajstić information content (AvgIpc) is 2.38. The fourth-order valence-corrected chi connectivity index (χ4v) is 2.09. The predicted molar refractivity (Wildman–Crippen MR) is 72.5 cm³/mol. The van der Waals surface area contributed by atoms with Crippen molar-refractivity contribution in [1.29, 1.82) is 0 Å². The Morgan fingerprint density at radius 3 is 2.11 bits per heavy atom. The molecule has 4 heteroatoms. The Balaban J connectivity index is 2.41. The third kappa shape index (κ3) is 2.61. The first-order chi connectivity index (χ1) is 8.61. The quantitative estimate of drug-likeness (QED) is 0.623. The summed E-state index contributed by atoms with van der Waals surface area (Å²) < 4.78 is 0. The predicted octanol–water partition coefficient (Wildman–Crippen LogP) is 4.20. The fourth-order valence-electron chi connectivity index (χ4n) is 1.61. The average molecular weight is 279 g/mol. The minimum absolute atomic E-state index is 0.284. The van der Waals surface area contributed by atoms with Gasteiger partial charge in [0.1, 0.15) is 6.29 Å². The molecule has 0 saturated heterocycles. The maximum absolute atomic E-state index is 11.0. The Kier molecular flexibility index (Phi) is 3.80. The summed E-state index contributed by atoms with van der Waals surface area (Å²) in [5.41, 5.74) is 2.67. The Bertz CT molecular complexity index is 604. The van der Waals surface area contributed by atoms with Crippen molar-refractivity contribution in [2.45, 2.75) is 0 Å². The van der Waals surface area contributed by atoms with Gasteiger partial charge in [0, 0.05) is 5.56 Å². The van der Waals surface area contributed by atoms with Gasteiger partial charge in [-0.1, -0.05) is 41.9 Å². The molecule has 0 radical (unpaired) electrons. The lowest BCUT2D eigenvalue weighted by Crippen LogP contribution is -1.90. The molecular weight excluding hydrogens is 271 g/mol. The number of carbonyl (C=O) groups excluding carboxylic acids is 2. The fraction of sp³-hybridized carbons (Fsp3) is 0. The normalized spacial score (nSPS) is 10.1. The molecule has 0 unspecified atom stereocenters. The van der Waals surface area contributed by atoms with Crippen LogP contribution in [0.25, 0.3) is 11.1 Å². The Morgan fingerprint density at radius 1 is 1.00 bits per heavy atom. The van der Waals surface area contributed by atoms with Crippen molar-refractivity contribution in [3.05, 3.63) is 58.6 Å². The molecule has 0 bridgehead atoms. The van der Waals surface area contributed by atoms with Crippen molar-refractivity contribution < 1.29 is 9.59 Å². The second-order valence-electron chi connectivity index (χ2n) is 3.71.